The van der Waals surface area contributed by atoms with Crippen LogP contribution in [0.15, 0.2) is 36.8 Å². The number of hydrogen-bond donors (Lipinski definition) is 8. The van der Waals surface area contributed by atoms with E-state index < -0.39 is 84.2 Å². The smallest absolute Gasteiger partial charge is 0.283 e. The molecule has 0 bridgehead atoms. The van der Waals surface area contributed by atoms with E-state index in [0.717, 1.165) is 6.07 Å². The first-order valence-corrected chi connectivity index (χ1v) is 8.62. The zero-order chi connectivity index (χ0) is 24.4. The predicted molar refractivity (Wildman–Crippen MR) is 104 cm³/mol. The molecule has 0 heterocycles. The summed E-state index contributed by atoms with van der Waals surface area (Å²) in [5.41, 5.74) is 13.9. The van der Waals surface area contributed by atoms with Gasteiger partial charge in [-0.05, 0) is 0 Å². The van der Waals surface area contributed by atoms with Crippen molar-refractivity contribution in [2.24, 2.45) is 47.9 Å². The van der Waals surface area contributed by atoms with Gasteiger partial charge in [-0.3, -0.25) is 14.4 Å². The number of hydrogen-bond acceptors (Lipinski definition) is 14. The molecule has 1 rings (SSSR count). The van der Waals surface area contributed by atoms with Crippen molar-refractivity contribution in [1.29, 1.82) is 0 Å². The summed E-state index contributed by atoms with van der Waals surface area (Å²) >= 11 is 0. The van der Waals surface area contributed by atoms with Crippen LogP contribution in [0.1, 0.15) is 0 Å². The summed E-state index contributed by atoms with van der Waals surface area (Å²) in [4.78, 5) is 34.9. The number of phenols is 2. The summed E-state index contributed by atoms with van der Waals surface area (Å²) in [6.45, 7) is -2.23. The van der Waals surface area contributed by atoms with Crippen LogP contribution in [0.2, 0.25) is 0 Å². The lowest BCUT2D eigenvalue weighted by atomic mass is 10.2. The van der Waals surface area contributed by atoms with Gasteiger partial charge in [-0.2, -0.15) is 0 Å². The van der Waals surface area contributed by atoms with Gasteiger partial charge in [0.2, 0.25) is 0 Å². The molecule has 3 unspecified atom stereocenters. The van der Waals surface area contributed by atoms with Crippen LogP contribution in [-0.4, -0.2) is 81.2 Å². The second-order valence-electron chi connectivity index (χ2n) is 5.94. The fraction of sp³-hybridized carbons (Fsp3) is 0.400. The van der Waals surface area contributed by atoms with Gasteiger partial charge in [0.1, 0.15) is 29.5 Å². The predicted octanol–water partition coefficient (Wildman–Crippen LogP) is -2.11. The molecule has 17 nitrogen and oxygen atoms in total. The number of benzene rings is 1. The maximum absolute atomic E-state index is 11.6. The van der Waals surface area contributed by atoms with Crippen molar-refractivity contribution in [1.82, 2.24) is 0 Å². The fourth-order valence-corrected chi connectivity index (χ4v) is 1.63. The van der Waals surface area contributed by atoms with Crippen molar-refractivity contribution in [3.8, 4) is 11.5 Å². The standard InChI is InChI=1S/C15H21N9O8/c16-5(2-25)13(30)22-19-8-1-9(20-23-14(31)6(17)3-26)12(29)10(11(8)28)21-24-15(32)7(18)4-27/h1,5-7,25-29H,2-4,16-18H2. The zero-order valence-corrected chi connectivity index (χ0v) is 16.3. The third-order valence-electron chi connectivity index (χ3n) is 3.51. The summed E-state index contributed by atoms with van der Waals surface area (Å²) in [7, 11) is 0. The third kappa shape index (κ3) is 6.97. The Morgan fingerprint density at radius 2 is 1.00 bits per heavy atom. The maximum atomic E-state index is 11.6. The van der Waals surface area contributed by atoms with E-state index in [0.29, 0.717) is 0 Å². The molecule has 0 aliphatic heterocycles. The third-order valence-corrected chi connectivity index (χ3v) is 3.51. The van der Waals surface area contributed by atoms with Gasteiger partial charge < -0.3 is 42.7 Å². The molecule has 0 radical (unpaired) electrons. The van der Waals surface area contributed by atoms with E-state index in [1.807, 2.05) is 0 Å². The Kier molecular flexibility index (Phi) is 10.2. The molecule has 174 valence electrons. The number of azo groups is 3. The monoisotopic (exact) mass is 455 g/mol. The largest absolute Gasteiger partial charge is 0.504 e. The lowest BCUT2D eigenvalue weighted by Gasteiger charge is -2.08. The Morgan fingerprint density at radius 1 is 0.688 bits per heavy atom. The molecule has 1 aromatic carbocycles. The SMILES string of the molecule is NC(CO)C(=O)N=Nc1cc(N=NC(=O)C(N)CO)c(O)c(N=NC(=O)C(N)CO)c1O. The molecule has 0 aliphatic carbocycles. The average Bonchev–Trinajstić information content (AvgIpc) is 2.80. The minimum atomic E-state index is -1.43. The van der Waals surface area contributed by atoms with Crippen LogP contribution >= 0.6 is 0 Å². The first-order valence-electron chi connectivity index (χ1n) is 8.62. The molecule has 3 amide bonds. The molecule has 0 aromatic heterocycles. The molecule has 32 heavy (non-hydrogen) atoms. The van der Waals surface area contributed by atoms with Crippen molar-refractivity contribution in [2.45, 2.75) is 18.1 Å². The van der Waals surface area contributed by atoms with Gasteiger partial charge in [-0.1, -0.05) is 0 Å². The molecule has 11 N–H and O–H groups in total. The molecule has 0 spiro atoms. The number of aliphatic hydroxyl groups excluding tert-OH is 3. The van der Waals surface area contributed by atoms with Gasteiger partial charge in [0, 0.05) is 6.07 Å². The number of aliphatic hydroxyl groups is 3. The minimum absolute atomic E-state index is 0.554. The van der Waals surface area contributed by atoms with Crippen molar-refractivity contribution >= 4 is 34.8 Å². The Bertz CT molecular complexity index is 893. The van der Waals surface area contributed by atoms with E-state index in [1.54, 1.807) is 0 Å². The maximum Gasteiger partial charge on any atom is 0.283 e. The van der Waals surface area contributed by atoms with Crippen molar-refractivity contribution in [2.75, 3.05) is 19.8 Å². The van der Waals surface area contributed by atoms with Crippen LogP contribution in [0.4, 0.5) is 17.1 Å². The van der Waals surface area contributed by atoms with E-state index >= 15 is 0 Å². The van der Waals surface area contributed by atoms with E-state index in [1.165, 1.54) is 0 Å². The first kappa shape index (κ1) is 26.4. The van der Waals surface area contributed by atoms with Crippen molar-refractivity contribution < 1.29 is 39.9 Å². The van der Waals surface area contributed by atoms with E-state index in [9.17, 15) is 24.6 Å². The fourth-order valence-electron chi connectivity index (χ4n) is 1.63. The number of amides is 3. The Morgan fingerprint density at radius 3 is 1.31 bits per heavy atom. The van der Waals surface area contributed by atoms with Gasteiger partial charge in [0.05, 0.1) is 19.8 Å². The number of carbonyl (C=O) groups is 3. The highest BCUT2D eigenvalue weighted by Gasteiger charge is 2.21. The zero-order valence-electron chi connectivity index (χ0n) is 16.3. The van der Waals surface area contributed by atoms with Crippen molar-refractivity contribution in [3.05, 3.63) is 6.07 Å². The van der Waals surface area contributed by atoms with Gasteiger partial charge >= 0.3 is 0 Å². The summed E-state index contributed by atoms with van der Waals surface area (Å²) in [6.07, 6.45) is 0. The molecular formula is C15H21N9O8. The molecule has 17 heteroatoms. The number of carbonyl (C=O) groups excluding carboxylic acids is 3. The van der Waals surface area contributed by atoms with Gasteiger partial charge in [-0.25, -0.2) is 0 Å². The number of nitrogens with zero attached hydrogens (tertiary/aromatic N) is 6. The quantitative estimate of drug-likeness (QED) is 0.186. The van der Waals surface area contributed by atoms with Crippen LogP contribution in [0.25, 0.3) is 0 Å². The van der Waals surface area contributed by atoms with E-state index in [2.05, 4.69) is 30.7 Å². The molecular weight excluding hydrogens is 434 g/mol. The van der Waals surface area contributed by atoms with Crippen LogP contribution in [0.5, 0.6) is 11.5 Å². The second-order valence-corrected chi connectivity index (χ2v) is 5.94. The topological polar surface area (TPSA) is 305 Å². The highest BCUT2D eigenvalue weighted by molar-refractivity contribution is 5.86. The van der Waals surface area contributed by atoms with E-state index in [-0.39, 0.29) is 0 Å². The lowest BCUT2D eigenvalue weighted by Crippen LogP contribution is -2.32. The summed E-state index contributed by atoms with van der Waals surface area (Å²) in [6, 6.07) is -3.40. The normalized spacial score (nSPS) is 14.8. The molecule has 0 saturated heterocycles. The molecule has 0 fully saturated rings. The van der Waals surface area contributed by atoms with Gasteiger partial charge in [0.15, 0.2) is 17.2 Å². The number of phenolic OH excluding ortho intramolecular Hbond substituents is 2. The van der Waals surface area contributed by atoms with Crippen molar-refractivity contribution in [3.63, 3.8) is 0 Å². The Hall–Kier alpha value is -3.61. The highest BCUT2D eigenvalue weighted by atomic mass is 16.3. The summed E-state index contributed by atoms with van der Waals surface area (Å²) < 4.78 is 0. The molecule has 3 atom stereocenters. The average molecular weight is 455 g/mol. The van der Waals surface area contributed by atoms with Crippen LogP contribution in [0, 0.1) is 0 Å². The van der Waals surface area contributed by atoms with Gasteiger partial charge in [-0.15, -0.1) is 30.7 Å². The molecule has 1 aromatic rings. The Labute approximate surface area is 179 Å². The number of aromatic hydroxyl groups is 2. The molecule has 0 saturated carbocycles. The molecule has 0 aliphatic rings. The van der Waals surface area contributed by atoms with Crippen LogP contribution < -0.4 is 17.2 Å². The number of rotatable bonds is 9. The first-order chi connectivity index (χ1) is 15.1. The highest BCUT2D eigenvalue weighted by Crippen LogP contribution is 2.49. The minimum Gasteiger partial charge on any atom is -0.504 e. The van der Waals surface area contributed by atoms with Gasteiger partial charge in [0.25, 0.3) is 17.7 Å². The number of nitrogens with two attached hydrogens (primary N) is 3. The summed E-state index contributed by atoms with van der Waals surface area (Å²) in [5, 5.41) is 66.8. The van der Waals surface area contributed by atoms with Crippen LogP contribution in [-0.2, 0) is 14.4 Å². The van der Waals surface area contributed by atoms with E-state index in [4.69, 9.17) is 32.5 Å². The second kappa shape index (κ2) is 12.3. The summed E-state index contributed by atoms with van der Waals surface area (Å²) in [5.74, 6) is -5.11. The Balaban J connectivity index is 3.52. The lowest BCUT2D eigenvalue weighted by molar-refractivity contribution is -0.121. The van der Waals surface area contributed by atoms with Crippen LogP contribution in [0.3, 0.4) is 0 Å².